The minimum Gasteiger partial charge on any atom is -0.493 e. The molecule has 0 aromatic heterocycles. The van der Waals surface area contributed by atoms with Crippen LogP contribution in [-0.2, 0) is 14.4 Å². The molecule has 41 heavy (non-hydrogen) atoms. The first-order valence-corrected chi connectivity index (χ1v) is 15.1. The van der Waals surface area contributed by atoms with Gasteiger partial charge in [0.2, 0.25) is 0 Å². The second-order valence-corrected chi connectivity index (χ2v) is 10.5. The molecule has 10 nitrogen and oxygen atoms in total. The van der Waals surface area contributed by atoms with Gasteiger partial charge in [-0.2, -0.15) is 0 Å². The molecule has 0 atom stereocenters. The molecule has 0 saturated carbocycles. The standard InChI is InChI=1S/C31H49NO9/c1-2-3-4-5-6-7-8-9-10-11-12-13-14-15-16-17-18-40-26-19-25(20-27(21-26)41-24-30(37)38)31(39)32(22-28(33)34)23-29(35)36/h19-21H,2-18,22-24H2,1H3,(H,33,34)(H,35,36)(H,37,38). The van der Waals surface area contributed by atoms with Crippen LogP contribution in [0.2, 0.25) is 0 Å². The highest BCUT2D eigenvalue weighted by Gasteiger charge is 2.22. The van der Waals surface area contributed by atoms with Crippen LogP contribution in [0.3, 0.4) is 0 Å². The van der Waals surface area contributed by atoms with Gasteiger partial charge >= 0.3 is 17.9 Å². The maximum absolute atomic E-state index is 12.9. The zero-order chi connectivity index (χ0) is 30.3. The Kier molecular flexibility index (Phi) is 19.5. The molecule has 3 N–H and O–H groups in total. The van der Waals surface area contributed by atoms with E-state index in [0.717, 1.165) is 19.3 Å². The largest absolute Gasteiger partial charge is 0.493 e. The molecule has 232 valence electrons. The third kappa shape index (κ3) is 18.6. The number of ether oxygens (including phenoxy) is 2. The zero-order valence-electron chi connectivity index (χ0n) is 24.6. The molecule has 0 aliphatic carbocycles. The average Bonchev–Trinajstić information content (AvgIpc) is 2.92. The van der Waals surface area contributed by atoms with Gasteiger partial charge < -0.3 is 29.7 Å². The Balaban J connectivity index is 2.40. The highest BCUT2D eigenvalue weighted by atomic mass is 16.5. The summed E-state index contributed by atoms with van der Waals surface area (Å²) >= 11 is 0. The van der Waals surface area contributed by atoms with Crippen LogP contribution in [0.15, 0.2) is 18.2 Å². The summed E-state index contributed by atoms with van der Waals surface area (Å²) in [6, 6.07) is 4.06. The molecule has 1 aromatic rings. The molecular formula is C31H49NO9. The first kappa shape index (κ1) is 35.7. The lowest BCUT2D eigenvalue weighted by molar-refractivity contribution is -0.141. The summed E-state index contributed by atoms with van der Waals surface area (Å²) in [5, 5.41) is 27.0. The SMILES string of the molecule is CCCCCCCCCCCCCCCCCCOc1cc(OCC(=O)O)cc(C(=O)N(CC(=O)O)CC(=O)O)c1. The van der Waals surface area contributed by atoms with Crippen LogP contribution in [0.1, 0.15) is 120 Å². The number of rotatable bonds is 26. The van der Waals surface area contributed by atoms with Crippen molar-refractivity contribution in [1.29, 1.82) is 0 Å². The Morgan fingerprint density at radius 2 is 1.00 bits per heavy atom. The van der Waals surface area contributed by atoms with Gasteiger partial charge in [0.15, 0.2) is 6.61 Å². The maximum Gasteiger partial charge on any atom is 0.341 e. The van der Waals surface area contributed by atoms with Gasteiger partial charge in [-0.1, -0.05) is 103 Å². The van der Waals surface area contributed by atoms with Crippen LogP contribution in [0, 0.1) is 0 Å². The van der Waals surface area contributed by atoms with Crippen LogP contribution in [0.5, 0.6) is 11.5 Å². The van der Waals surface area contributed by atoms with E-state index in [1.54, 1.807) is 0 Å². The fourth-order valence-corrected chi connectivity index (χ4v) is 4.56. The lowest BCUT2D eigenvalue weighted by Crippen LogP contribution is -2.39. The number of benzene rings is 1. The van der Waals surface area contributed by atoms with E-state index >= 15 is 0 Å². The Morgan fingerprint density at radius 1 is 0.585 bits per heavy atom. The van der Waals surface area contributed by atoms with E-state index in [4.69, 9.17) is 24.8 Å². The monoisotopic (exact) mass is 579 g/mol. The predicted molar refractivity (Wildman–Crippen MR) is 156 cm³/mol. The second-order valence-electron chi connectivity index (χ2n) is 10.5. The van der Waals surface area contributed by atoms with Crippen LogP contribution >= 0.6 is 0 Å². The van der Waals surface area contributed by atoms with Crippen molar-refractivity contribution in [1.82, 2.24) is 4.90 Å². The summed E-state index contributed by atoms with van der Waals surface area (Å²) in [4.78, 5) is 46.7. The van der Waals surface area contributed by atoms with Crippen LogP contribution in [0.25, 0.3) is 0 Å². The number of nitrogens with zero attached hydrogens (tertiary/aromatic N) is 1. The number of carbonyl (C=O) groups excluding carboxylic acids is 1. The molecular weight excluding hydrogens is 530 g/mol. The summed E-state index contributed by atoms with van der Waals surface area (Å²) in [5.41, 5.74) is -0.0580. The first-order chi connectivity index (χ1) is 19.7. The quantitative estimate of drug-likeness (QED) is 0.106. The molecule has 1 rings (SSSR count). The number of carboxylic acid groups (broad SMARTS) is 3. The molecule has 0 aliphatic rings. The Labute approximate surface area is 244 Å². The Hall–Kier alpha value is -3.30. The van der Waals surface area contributed by atoms with E-state index in [1.165, 1.54) is 102 Å². The number of carbonyl (C=O) groups is 4. The Morgan fingerprint density at radius 3 is 1.41 bits per heavy atom. The predicted octanol–water partition coefficient (Wildman–Crippen LogP) is 6.40. The summed E-state index contributed by atoms with van der Waals surface area (Å²) in [6.07, 6.45) is 20.1. The van der Waals surface area contributed by atoms with E-state index < -0.39 is 43.5 Å². The van der Waals surface area contributed by atoms with Gasteiger partial charge in [0, 0.05) is 11.6 Å². The highest BCUT2D eigenvalue weighted by Crippen LogP contribution is 2.25. The van der Waals surface area contributed by atoms with Crippen molar-refractivity contribution in [3.63, 3.8) is 0 Å². The Bertz CT molecular complexity index is 903. The number of amides is 1. The summed E-state index contributed by atoms with van der Waals surface area (Å²) < 4.78 is 11.0. The summed E-state index contributed by atoms with van der Waals surface area (Å²) in [7, 11) is 0. The summed E-state index contributed by atoms with van der Waals surface area (Å²) in [5.74, 6) is -4.48. The van der Waals surface area contributed by atoms with Crippen LogP contribution in [0.4, 0.5) is 0 Å². The number of hydrogen-bond donors (Lipinski definition) is 3. The van der Waals surface area contributed by atoms with Crippen LogP contribution < -0.4 is 9.47 Å². The van der Waals surface area contributed by atoms with Gasteiger partial charge in [-0.05, 0) is 18.6 Å². The molecule has 0 fully saturated rings. The molecule has 0 radical (unpaired) electrons. The second kappa shape index (κ2) is 22.4. The van der Waals surface area contributed by atoms with Crippen LogP contribution in [-0.4, -0.2) is 70.3 Å². The lowest BCUT2D eigenvalue weighted by Gasteiger charge is -2.19. The molecule has 0 unspecified atom stereocenters. The molecule has 0 spiro atoms. The third-order valence-corrected chi connectivity index (χ3v) is 6.70. The van der Waals surface area contributed by atoms with Gasteiger partial charge in [-0.3, -0.25) is 14.4 Å². The number of unbranched alkanes of at least 4 members (excludes halogenated alkanes) is 15. The van der Waals surface area contributed by atoms with E-state index in [2.05, 4.69) is 6.92 Å². The van der Waals surface area contributed by atoms with Crippen molar-refractivity contribution >= 4 is 23.8 Å². The minimum atomic E-state index is -1.36. The van der Waals surface area contributed by atoms with E-state index in [9.17, 15) is 19.2 Å². The van der Waals surface area contributed by atoms with Crippen molar-refractivity contribution in [3.05, 3.63) is 23.8 Å². The molecule has 1 amide bonds. The van der Waals surface area contributed by atoms with Gasteiger partial charge in [0.25, 0.3) is 5.91 Å². The van der Waals surface area contributed by atoms with Crippen molar-refractivity contribution < 1.29 is 44.0 Å². The topological polar surface area (TPSA) is 151 Å². The fraction of sp³-hybridized carbons (Fsp3) is 0.677. The van der Waals surface area contributed by atoms with Crippen molar-refractivity contribution in [3.8, 4) is 11.5 Å². The van der Waals surface area contributed by atoms with Gasteiger partial charge in [0.05, 0.1) is 6.61 Å². The first-order valence-electron chi connectivity index (χ1n) is 15.1. The van der Waals surface area contributed by atoms with Gasteiger partial charge in [-0.15, -0.1) is 0 Å². The van der Waals surface area contributed by atoms with E-state index in [1.807, 2.05) is 0 Å². The average molecular weight is 580 g/mol. The highest BCUT2D eigenvalue weighted by molar-refractivity contribution is 5.98. The lowest BCUT2D eigenvalue weighted by atomic mass is 10.0. The van der Waals surface area contributed by atoms with Gasteiger partial charge in [-0.25, -0.2) is 4.79 Å². The number of hydrogen-bond acceptors (Lipinski definition) is 6. The molecule has 0 heterocycles. The molecule has 1 aromatic carbocycles. The smallest absolute Gasteiger partial charge is 0.341 e. The van der Waals surface area contributed by atoms with Crippen molar-refractivity contribution in [2.24, 2.45) is 0 Å². The third-order valence-electron chi connectivity index (χ3n) is 6.70. The van der Waals surface area contributed by atoms with Gasteiger partial charge in [0.1, 0.15) is 24.6 Å². The minimum absolute atomic E-state index is 0.0471. The van der Waals surface area contributed by atoms with Crippen molar-refractivity contribution in [2.75, 3.05) is 26.3 Å². The number of carboxylic acids is 3. The van der Waals surface area contributed by atoms with E-state index in [0.29, 0.717) is 11.5 Å². The van der Waals surface area contributed by atoms with Crippen molar-refractivity contribution in [2.45, 2.75) is 110 Å². The fourth-order valence-electron chi connectivity index (χ4n) is 4.56. The molecule has 0 aliphatic heterocycles. The van der Waals surface area contributed by atoms with E-state index in [-0.39, 0.29) is 17.1 Å². The zero-order valence-corrected chi connectivity index (χ0v) is 24.6. The molecule has 0 bridgehead atoms. The normalized spacial score (nSPS) is 10.8. The molecule has 10 heteroatoms. The summed E-state index contributed by atoms with van der Waals surface area (Å²) in [6.45, 7) is 0.368. The number of aliphatic carboxylic acids is 3. The molecule has 0 saturated heterocycles. The maximum atomic E-state index is 12.9.